The van der Waals surface area contributed by atoms with Gasteiger partial charge in [-0.2, -0.15) is 0 Å². The van der Waals surface area contributed by atoms with Gasteiger partial charge in [-0.05, 0) is 24.0 Å². The Morgan fingerprint density at radius 2 is 2.19 bits per heavy atom. The minimum absolute atomic E-state index is 0.223. The number of nitrogens with one attached hydrogen (secondary N) is 1. The van der Waals surface area contributed by atoms with Crippen LogP contribution in [0.15, 0.2) is 30.5 Å². The van der Waals surface area contributed by atoms with Gasteiger partial charge in [0.1, 0.15) is 0 Å². The Kier molecular flexibility index (Phi) is 3.41. The summed E-state index contributed by atoms with van der Waals surface area (Å²) in [5.41, 5.74) is 2.30. The summed E-state index contributed by atoms with van der Waals surface area (Å²) in [7, 11) is 0. The molecule has 2 unspecified atom stereocenters. The second-order valence-corrected chi connectivity index (χ2v) is 5.00. The fourth-order valence-corrected chi connectivity index (χ4v) is 2.48. The van der Waals surface area contributed by atoms with Crippen molar-refractivity contribution in [1.82, 2.24) is 4.98 Å². The highest BCUT2D eigenvalue weighted by atomic mass is 32.2. The summed E-state index contributed by atoms with van der Waals surface area (Å²) in [5.74, 6) is 0.481. The van der Waals surface area contributed by atoms with E-state index in [1.807, 2.05) is 24.4 Å². The largest absolute Gasteiger partial charge is 0.772 e. The molecular formula is C12H14NO2S-. The van der Waals surface area contributed by atoms with E-state index >= 15 is 0 Å². The molecule has 0 spiro atoms. The second-order valence-electron chi connectivity index (χ2n) is 3.99. The molecule has 4 heteroatoms. The molecule has 0 aliphatic carbocycles. The van der Waals surface area contributed by atoms with Crippen LogP contribution in [0.1, 0.15) is 24.8 Å². The maximum atomic E-state index is 10.5. The number of benzene rings is 1. The van der Waals surface area contributed by atoms with Gasteiger partial charge >= 0.3 is 0 Å². The molecule has 1 aromatic carbocycles. The standard InChI is InChI=1S/C12H15NO2S/c1-9(6-7-16(14)15)11-8-13-12-5-3-2-4-10(11)12/h2-5,8-9,13H,6-7H2,1H3,(H,14,15)/p-1. The van der Waals surface area contributed by atoms with E-state index in [2.05, 4.69) is 18.0 Å². The average molecular weight is 236 g/mol. The van der Waals surface area contributed by atoms with Crippen molar-refractivity contribution in [2.75, 3.05) is 5.75 Å². The Morgan fingerprint density at radius 1 is 1.44 bits per heavy atom. The Labute approximate surface area is 97.2 Å². The van der Waals surface area contributed by atoms with Crippen molar-refractivity contribution in [3.63, 3.8) is 0 Å². The van der Waals surface area contributed by atoms with Crippen LogP contribution in [0.2, 0.25) is 0 Å². The predicted octanol–water partition coefficient (Wildman–Crippen LogP) is 2.54. The van der Waals surface area contributed by atoms with Gasteiger partial charge in [-0.25, -0.2) is 0 Å². The van der Waals surface area contributed by atoms with Crippen LogP contribution in [0.5, 0.6) is 0 Å². The number of para-hydroxylation sites is 1. The minimum atomic E-state index is -1.94. The molecule has 0 saturated heterocycles. The quantitative estimate of drug-likeness (QED) is 0.829. The summed E-state index contributed by atoms with van der Waals surface area (Å²) in [6, 6.07) is 8.07. The third-order valence-electron chi connectivity index (χ3n) is 2.87. The van der Waals surface area contributed by atoms with Crippen molar-refractivity contribution in [2.24, 2.45) is 0 Å². The molecule has 0 amide bonds. The van der Waals surface area contributed by atoms with Gasteiger partial charge in [0.15, 0.2) is 0 Å². The van der Waals surface area contributed by atoms with Crippen LogP contribution in [0.25, 0.3) is 10.9 Å². The predicted molar refractivity (Wildman–Crippen MR) is 65.1 cm³/mol. The van der Waals surface area contributed by atoms with Crippen molar-refractivity contribution in [3.05, 3.63) is 36.0 Å². The van der Waals surface area contributed by atoms with Gasteiger partial charge in [-0.1, -0.05) is 36.2 Å². The number of fused-ring (bicyclic) bond motifs is 1. The first kappa shape index (κ1) is 11.4. The molecule has 86 valence electrons. The first-order valence-electron chi connectivity index (χ1n) is 5.30. The zero-order chi connectivity index (χ0) is 11.5. The van der Waals surface area contributed by atoms with Crippen molar-refractivity contribution < 1.29 is 8.76 Å². The molecule has 0 bridgehead atoms. The highest BCUT2D eigenvalue weighted by Gasteiger charge is 2.10. The Balaban J connectivity index is 2.22. The van der Waals surface area contributed by atoms with Crippen LogP contribution in [0.3, 0.4) is 0 Å². The zero-order valence-electron chi connectivity index (χ0n) is 9.10. The number of rotatable bonds is 4. The number of hydrogen-bond acceptors (Lipinski definition) is 2. The average Bonchev–Trinajstić information content (AvgIpc) is 2.69. The molecule has 2 aromatic rings. The van der Waals surface area contributed by atoms with Gasteiger partial charge in [0.2, 0.25) is 0 Å². The van der Waals surface area contributed by atoms with Crippen molar-refractivity contribution in [2.45, 2.75) is 19.3 Å². The van der Waals surface area contributed by atoms with Crippen LogP contribution >= 0.6 is 0 Å². The fraction of sp³-hybridized carbons (Fsp3) is 0.333. The maximum Gasteiger partial charge on any atom is 0.0456 e. The van der Waals surface area contributed by atoms with Crippen molar-refractivity contribution >= 4 is 22.0 Å². The molecule has 0 aliphatic heterocycles. The van der Waals surface area contributed by atoms with Gasteiger partial charge in [-0.15, -0.1) is 0 Å². The van der Waals surface area contributed by atoms with Crippen molar-refractivity contribution in [1.29, 1.82) is 0 Å². The Morgan fingerprint density at radius 3 is 2.94 bits per heavy atom. The van der Waals surface area contributed by atoms with E-state index in [0.29, 0.717) is 6.42 Å². The fourth-order valence-electron chi connectivity index (χ4n) is 1.93. The van der Waals surface area contributed by atoms with Crippen LogP contribution in [0, 0.1) is 0 Å². The molecule has 2 rings (SSSR count). The lowest BCUT2D eigenvalue weighted by Gasteiger charge is -2.11. The first-order chi connectivity index (χ1) is 7.68. The van der Waals surface area contributed by atoms with Gasteiger partial charge < -0.3 is 9.54 Å². The third kappa shape index (κ3) is 2.33. The lowest BCUT2D eigenvalue weighted by atomic mass is 9.98. The molecule has 0 radical (unpaired) electrons. The van der Waals surface area contributed by atoms with Gasteiger partial charge in [0.05, 0.1) is 0 Å². The minimum Gasteiger partial charge on any atom is -0.772 e. The molecule has 0 aliphatic rings. The van der Waals surface area contributed by atoms with Gasteiger partial charge in [-0.3, -0.25) is 4.21 Å². The number of hydrogen-bond donors (Lipinski definition) is 1. The second kappa shape index (κ2) is 4.80. The van der Waals surface area contributed by atoms with E-state index in [4.69, 9.17) is 0 Å². The number of aromatic amines is 1. The summed E-state index contributed by atoms with van der Waals surface area (Å²) in [6.45, 7) is 2.06. The van der Waals surface area contributed by atoms with E-state index in [1.54, 1.807) is 0 Å². The van der Waals surface area contributed by atoms with Gasteiger partial charge in [0, 0.05) is 22.9 Å². The molecular weight excluding hydrogens is 222 g/mol. The Bertz CT molecular complexity index is 506. The summed E-state index contributed by atoms with van der Waals surface area (Å²) in [5, 5.41) is 1.19. The Hall–Kier alpha value is -1.13. The number of H-pyrrole nitrogens is 1. The lowest BCUT2D eigenvalue weighted by molar-refractivity contribution is 0.531. The first-order valence-corrected chi connectivity index (χ1v) is 6.54. The molecule has 3 nitrogen and oxygen atoms in total. The van der Waals surface area contributed by atoms with E-state index in [1.165, 1.54) is 10.9 Å². The SMILES string of the molecule is CC(CCS(=O)[O-])c1c[nH]c2ccccc12. The van der Waals surface area contributed by atoms with E-state index in [-0.39, 0.29) is 11.7 Å². The summed E-state index contributed by atoms with van der Waals surface area (Å²) < 4.78 is 21.1. The zero-order valence-corrected chi connectivity index (χ0v) is 9.92. The topological polar surface area (TPSA) is 55.9 Å². The smallest absolute Gasteiger partial charge is 0.0456 e. The summed E-state index contributed by atoms with van der Waals surface area (Å²) in [6.07, 6.45) is 2.64. The monoisotopic (exact) mass is 236 g/mol. The summed E-state index contributed by atoms with van der Waals surface area (Å²) >= 11 is -1.94. The normalized spacial score (nSPS) is 15.1. The highest BCUT2D eigenvalue weighted by molar-refractivity contribution is 7.79. The number of aromatic nitrogens is 1. The lowest BCUT2D eigenvalue weighted by Crippen LogP contribution is -2.01. The van der Waals surface area contributed by atoms with E-state index < -0.39 is 11.1 Å². The molecule has 0 saturated carbocycles. The van der Waals surface area contributed by atoms with Crippen LogP contribution in [-0.4, -0.2) is 19.5 Å². The molecule has 2 atom stereocenters. The van der Waals surface area contributed by atoms with Crippen LogP contribution in [-0.2, 0) is 11.1 Å². The molecule has 1 aromatic heterocycles. The molecule has 1 heterocycles. The van der Waals surface area contributed by atoms with Crippen molar-refractivity contribution in [3.8, 4) is 0 Å². The molecule has 1 N–H and O–H groups in total. The van der Waals surface area contributed by atoms with Gasteiger partial charge in [0.25, 0.3) is 0 Å². The third-order valence-corrected chi connectivity index (χ3v) is 3.44. The molecule has 0 fully saturated rings. The van der Waals surface area contributed by atoms with E-state index in [0.717, 1.165) is 5.52 Å². The maximum absolute atomic E-state index is 10.5. The van der Waals surface area contributed by atoms with Crippen LogP contribution < -0.4 is 0 Å². The van der Waals surface area contributed by atoms with Crippen LogP contribution in [0.4, 0.5) is 0 Å². The molecule has 16 heavy (non-hydrogen) atoms. The summed E-state index contributed by atoms with van der Waals surface area (Å²) in [4.78, 5) is 3.20. The highest BCUT2D eigenvalue weighted by Crippen LogP contribution is 2.27. The van der Waals surface area contributed by atoms with E-state index in [9.17, 15) is 8.76 Å².